The maximum atomic E-state index is 5.73. The fourth-order valence-corrected chi connectivity index (χ4v) is 1.74. The summed E-state index contributed by atoms with van der Waals surface area (Å²) in [6, 6.07) is 0. The van der Waals surface area contributed by atoms with Crippen molar-refractivity contribution in [3.63, 3.8) is 0 Å². The largest absolute Gasteiger partial charge is 0.370 e. The van der Waals surface area contributed by atoms with Gasteiger partial charge in [-0.2, -0.15) is 0 Å². The van der Waals surface area contributed by atoms with Crippen molar-refractivity contribution in [1.29, 1.82) is 0 Å². The minimum absolute atomic E-state index is 0.310. The van der Waals surface area contributed by atoms with Crippen LogP contribution in [0.1, 0.15) is 31.2 Å². The predicted molar refractivity (Wildman–Crippen MR) is 62.2 cm³/mol. The van der Waals surface area contributed by atoms with E-state index in [1.807, 2.05) is 6.92 Å². The molecule has 0 aromatic carbocycles. The van der Waals surface area contributed by atoms with Gasteiger partial charge in [0.25, 0.3) is 0 Å². The summed E-state index contributed by atoms with van der Waals surface area (Å²) in [5.74, 6) is 1.87. The van der Waals surface area contributed by atoms with E-state index >= 15 is 0 Å². The van der Waals surface area contributed by atoms with Crippen molar-refractivity contribution < 1.29 is 0 Å². The second kappa shape index (κ2) is 4.79. The molecule has 1 heterocycles. The first-order chi connectivity index (χ1) is 7.25. The van der Waals surface area contributed by atoms with E-state index in [0.717, 1.165) is 23.8 Å². The Morgan fingerprint density at radius 1 is 1.53 bits per heavy atom. The lowest BCUT2D eigenvalue weighted by Gasteiger charge is -2.07. The summed E-state index contributed by atoms with van der Waals surface area (Å²) in [7, 11) is 0. The van der Waals surface area contributed by atoms with Gasteiger partial charge in [-0.3, -0.25) is 0 Å². The Balaban J connectivity index is 1.78. The zero-order chi connectivity index (χ0) is 10.7. The molecule has 2 rings (SSSR count). The summed E-state index contributed by atoms with van der Waals surface area (Å²) < 4.78 is 0. The monoisotopic (exact) mass is 225 g/mol. The Morgan fingerprint density at radius 3 is 3.07 bits per heavy atom. The first kappa shape index (κ1) is 10.7. The van der Waals surface area contributed by atoms with Crippen molar-refractivity contribution in [1.82, 2.24) is 9.97 Å². The minimum Gasteiger partial charge on any atom is -0.370 e. The second-order valence-electron chi connectivity index (χ2n) is 4.18. The summed E-state index contributed by atoms with van der Waals surface area (Å²) in [6.07, 6.45) is 7.16. The third-order valence-corrected chi connectivity index (χ3v) is 2.90. The summed E-state index contributed by atoms with van der Waals surface area (Å²) >= 11 is 5.73. The van der Waals surface area contributed by atoms with Crippen molar-refractivity contribution in [3.05, 3.63) is 17.0 Å². The van der Waals surface area contributed by atoms with Crippen LogP contribution in [0.3, 0.4) is 0 Å². The van der Waals surface area contributed by atoms with Gasteiger partial charge < -0.3 is 5.32 Å². The van der Waals surface area contributed by atoms with E-state index in [2.05, 4.69) is 15.3 Å². The predicted octanol–water partition coefficient (Wildman–Crippen LogP) is 3.04. The van der Waals surface area contributed by atoms with E-state index in [9.17, 15) is 0 Å². The molecule has 1 aliphatic carbocycles. The Hall–Kier alpha value is -0.830. The highest BCUT2D eigenvalue weighted by molar-refractivity contribution is 6.28. The van der Waals surface area contributed by atoms with Gasteiger partial charge in [-0.15, -0.1) is 0 Å². The van der Waals surface area contributed by atoms with Crippen molar-refractivity contribution in [2.75, 3.05) is 11.9 Å². The van der Waals surface area contributed by atoms with Crippen molar-refractivity contribution >= 4 is 17.4 Å². The highest BCUT2D eigenvalue weighted by Gasteiger charge is 2.19. The molecule has 0 atom stereocenters. The van der Waals surface area contributed by atoms with E-state index in [4.69, 9.17) is 11.6 Å². The molecule has 1 N–H and O–H groups in total. The lowest BCUT2D eigenvalue weighted by molar-refractivity contribution is 0.686. The smallest absolute Gasteiger partial charge is 0.224 e. The molecule has 1 aromatic rings. The van der Waals surface area contributed by atoms with Gasteiger partial charge in [0.2, 0.25) is 5.28 Å². The van der Waals surface area contributed by atoms with Gasteiger partial charge in [0, 0.05) is 18.3 Å². The number of nitrogens with one attached hydrogen (secondary N) is 1. The standard InChI is InChI=1S/C11H16ClN3/c1-8-7-14-11(12)15-10(8)13-6-2-3-9-4-5-9/h7,9H,2-6H2,1H3,(H,13,14,15). The Kier molecular flexibility index (Phi) is 3.41. The van der Waals surface area contributed by atoms with Crippen LogP contribution in [0.15, 0.2) is 6.20 Å². The maximum Gasteiger partial charge on any atom is 0.224 e. The van der Waals surface area contributed by atoms with E-state index in [0.29, 0.717) is 5.28 Å². The molecule has 0 spiro atoms. The van der Waals surface area contributed by atoms with Gasteiger partial charge in [-0.1, -0.05) is 12.8 Å². The summed E-state index contributed by atoms with van der Waals surface area (Å²) in [6.45, 7) is 2.96. The SMILES string of the molecule is Cc1cnc(Cl)nc1NCCCC1CC1. The van der Waals surface area contributed by atoms with Gasteiger partial charge in [0.1, 0.15) is 5.82 Å². The molecule has 82 valence electrons. The van der Waals surface area contributed by atoms with Crippen LogP contribution >= 0.6 is 11.6 Å². The average molecular weight is 226 g/mol. The highest BCUT2D eigenvalue weighted by atomic mass is 35.5. The summed E-state index contributed by atoms with van der Waals surface area (Å²) in [5.41, 5.74) is 1.05. The van der Waals surface area contributed by atoms with Gasteiger partial charge in [0.05, 0.1) is 0 Å². The third kappa shape index (κ3) is 3.34. The molecule has 1 aliphatic rings. The number of anilines is 1. The van der Waals surface area contributed by atoms with Crippen LogP contribution in [0.25, 0.3) is 0 Å². The van der Waals surface area contributed by atoms with Crippen LogP contribution in [0.4, 0.5) is 5.82 Å². The van der Waals surface area contributed by atoms with E-state index in [-0.39, 0.29) is 0 Å². The number of hydrogen-bond donors (Lipinski definition) is 1. The number of aromatic nitrogens is 2. The van der Waals surface area contributed by atoms with Crippen molar-refractivity contribution in [3.8, 4) is 0 Å². The number of halogens is 1. The fraction of sp³-hybridized carbons (Fsp3) is 0.636. The van der Waals surface area contributed by atoms with Crippen LogP contribution in [0.2, 0.25) is 5.28 Å². The zero-order valence-electron chi connectivity index (χ0n) is 8.96. The molecule has 0 radical (unpaired) electrons. The number of nitrogens with zero attached hydrogens (tertiary/aromatic N) is 2. The Labute approximate surface area is 95.3 Å². The molecule has 0 aliphatic heterocycles. The van der Waals surface area contributed by atoms with Crippen LogP contribution < -0.4 is 5.32 Å². The number of hydrogen-bond acceptors (Lipinski definition) is 3. The van der Waals surface area contributed by atoms with Crippen LogP contribution in [-0.2, 0) is 0 Å². The molecule has 1 aromatic heterocycles. The first-order valence-corrected chi connectivity index (χ1v) is 5.86. The topological polar surface area (TPSA) is 37.8 Å². The zero-order valence-corrected chi connectivity index (χ0v) is 9.72. The molecule has 0 bridgehead atoms. The number of rotatable bonds is 5. The van der Waals surface area contributed by atoms with Gasteiger partial charge in [-0.05, 0) is 37.3 Å². The second-order valence-corrected chi connectivity index (χ2v) is 4.52. The number of aryl methyl sites for hydroxylation is 1. The van der Waals surface area contributed by atoms with Gasteiger partial charge >= 0.3 is 0 Å². The molecule has 0 unspecified atom stereocenters. The van der Waals surface area contributed by atoms with Gasteiger partial charge in [-0.25, -0.2) is 9.97 Å². The molecule has 3 nitrogen and oxygen atoms in total. The maximum absolute atomic E-state index is 5.73. The van der Waals surface area contributed by atoms with E-state index < -0.39 is 0 Å². The van der Waals surface area contributed by atoms with Crippen LogP contribution in [0.5, 0.6) is 0 Å². The summed E-state index contributed by atoms with van der Waals surface area (Å²) in [4.78, 5) is 8.07. The van der Waals surface area contributed by atoms with Gasteiger partial charge in [0.15, 0.2) is 0 Å². The fourth-order valence-electron chi connectivity index (χ4n) is 1.60. The summed E-state index contributed by atoms with van der Waals surface area (Å²) in [5, 5.41) is 3.61. The van der Waals surface area contributed by atoms with E-state index in [1.54, 1.807) is 6.20 Å². The highest BCUT2D eigenvalue weighted by Crippen LogP contribution is 2.33. The average Bonchev–Trinajstić information content (AvgIpc) is 3.01. The molecule has 4 heteroatoms. The molecule has 0 saturated heterocycles. The lowest BCUT2D eigenvalue weighted by Crippen LogP contribution is -2.06. The Bertz CT molecular complexity index is 337. The lowest BCUT2D eigenvalue weighted by atomic mass is 10.2. The molecular weight excluding hydrogens is 210 g/mol. The molecule has 0 amide bonds. The van der Waals surface area contributed by atoms with Crippen LogP contribution in [0, 0.1) is 12.8 Å². The third-order valence-electron chi connectivity index (χ3n) is 2.72. The quantitative estimate of drug-likeness (QED) is 0.618. The first-order valence-electron chi connectivity index (χ1n) is 5.48. The Morgan fingerprint density at radius 2 is 2.33 bits per heavy atom. The van der Waals surface area contributed by atoms with E-state index in [1.165, 1.54) is 25.7 Å². The van der Waals surface area contributed by atoms with Crippen LogP contribution in [-0.4, -0.2) is 16.5 Å². The van der Waals surface area contributed by atoms with Crippen molar-refractivity contribution in [2.45, 2.75) is 32.6 Å². The normalized spacial score (nSPS) is 15.3. The molecule has 1 saturated carbocycles. The molecular formula is C11H16ClN3. The molecule has 1 fully saturated rings. The minimum atomic E-state index is 0.310. The van der Waals surface area contributed by atoms with Crippen molar-refractivity contribution in [2.24, 2.45) is 5.92 Å². The molecule has 15 heavy (non-hydrogen) atoms.